The Labute approximate surface area is 156 Å². The fraction of sp³-hybridized carbons (Fsp3) is 0.381. The maximum absolute atomic E-state index is 14.1. The molecule has 3 aromatic rings. The number of hydrogen-bond donors (Lipinski definition) is 0. The van der Waals surface area contributed by atoms with Crippen LogP contribution in [0.15, 0.2) is 36.4 Å². The number of nitrogens with zero attached hydrogens (tertiary/aromatic N) is 3. The zero-order valence-electron chi connectivity index (χ0n) is 15.0. The summed E-state index contributed by atoms with van der Waals surface area (Å²) in [5, 5.41) is 0. The summed E-state index contributed by atoms with van der Waals surface area (Å²) in [7, 11) is 0. The number of halogens is 2. The van der Waals surface area contributed by atoms with Crippen LogP contribution in [0.2, 0.25) is 0 Å². The van der Waals surface area contributed by atoms with Crippen LogP contribution < -0.4 is 4.74 Å². The molecule has 4 nitrogen and oxygen atoms in total. The van der Waals surface area contributed by atoms with Gasteiger partial charge in [-0.2, -0.15) is 0 Å². The van der Waals surface area contributed by atoms with Gasteiger partial charge in [-0.05, 0) is 55.6 Å². The lowest BCUT2D eigenvalue weighted by molar-refractivity contribution is 0.194. The third-order valence-corrected chi connectivity index (χ3v) is 5.74. The predicted octanol–water partition coefficient (Wildman–Crippen LogP) is 4.09. The number of piperidine rings is 1. The van der Waals surface area contributed by atoms with Crippen molar-refractivity contribution in [1.29, 1.82) is 0 Å². The summed E-state index contributed by atoms with van der Waals surface area (Å²) in [6.07, 6.45) is 1.74. The first-order valence-electron chi connectivity index (χ1n) is 9.47. The number of hydrogen-bond acceptors (Lipinski definition) is 3. The molecule has 3 heterocycles. The largest absolute Gasteiger partial charge is 0.489 e. The van der Waals surface area contributed by atoms with Crippen LogP contribution in [-0.2, 0) is 13.1 Å². The molecule has 0 atom stereocenters. The van der Waals surface area contributed by atoms with Crippen molar-refractivity contribution in [1.82, 2.24) is 14.5 Å². The van der Waals surface area contributed by atoms with E-state index in [1.54, 1.807) is 6.07 Å². The molecule has 1 fully saturated rings. The summed E-state index contributed by atoms with van der Waals surface area (Å²) in [6, 6.07) is 9.93. The van der Waals surface area contributed by atoms with E-state index in [-0.39, 0.29) is 5.92 Å². The first kappa shape index (κ1) is 16.7. The van der Waals surface area contributed by atoms with E-state index in [1.165, 1.54) is 6.07 Å². The lowest BCUT2D eigenvalue weighted by Gasteiger charge is -2.32. The van der Waals surface area contributed by atoms with Gasteiger partial charge in [-0.1, -0.05) is 12.1 Å². The third-order valence-electron chi connectivity index (χ3n) is 5.74. The van der Waals surface area contributed by atoms with Gasteiger partial charge in [0.05, 0.1) is 18.6 Å². The predicted molar refractivity (Wildman–Crippen MR) is 98.8 cm³/mol. The Morgan fingerprint density at radius 3 is 2.74 bits per heavy atom. The average Bonchev–Trinajstić information content (AvgIpc) is 3.03. The number of rotatable bonds is 3. The standard InChI is InChI=1S/C21H21F2N3O/c22-15-4-5-16(17(23)12-15)14-6-8-25(9-7-14)13-20-24-18-2-1-3-19-21(18)26(20)10-11-27-19/h1-5,12,14H,6-11,13H2. The molecule has 1 aromatic heterocycles. The second kappa shape index (κ2) is 6.60. The molecule has 6 heteroatoms. The van der Waals surface area contributed by atoms with Crippen LogP contribution in [0.4, 0.5) is 8.78 Å². The number of likely N-dealkylation sites (tertiary alicyclic amines) is 1. The SMILES string of the molecule is Fc1ccc(C2CCN(Cc3nc4cccc5c4n3CCO5)CC2)c(F)c1. The van der Waals surface area contributed by atoms with E-state index in [0.717, 1.165) is 67.7 Å². The third kappa shape index (κ3) is 2.98. The van der Waals surface area contributed by atoms with Crippen molar-refractivity contribution in [2.45, 2.75) is 31.8 Å². The molecular weight excluding hydrogens is 348 g/mol. The molecule has 2 aromatic carbocycles. The molecule has 2 aliphatic heterocycles. The van der Waals surface area contributed by atoms with Crippen LogP contribution in [0, 0.1) is 11.6 Å². The maximum Gasteiger partial charge on any atom is 0.145 e. The maximum atomic E-state index is 14.1. The molecule has 27 heavy (non-hydrogen) atoms. The van der Waals surface area contributed by atoms with E-state index in [0.29, 0.717) is 12.2 Å². The molecule has 0 saturated carbocycles. The molecule has 5 rings (SSSR count). The molecule has 1 saturated heterocycles. The van der Waals surface area contributed by atoms with Crippen LogP contribution in [-0.4, -0.2) is 34.1 Å². The van der Waals surface area contributed by atoms with E-state index in [2.05, 4.69) is 9.47 Å². The Balaban J connectivity index is 1.31. The smallest absolute Gasteiger partial charge is 0.145 e. The molecule has 0 radical (unpaired) electrons. The van der Waals surface area contributed by atoms with Gasteiger partial charge in [0, 0.05) is 6.07 Å². The molecule has 0 aliphatic carbocycles. The Kier molecular flexibility index (Phi) is 4.08. The highest BCUT2D eigenvalue weighted by molar-refractivity contribution is 5.83. The van der Waals surface area contributed by atoms with E-state index < -0.39 is 11.6 Å². The minimum Gasteiger partial charge on any atom is -0.489 e. The molecule has 0 amide bonds. The number of imidazole rings is 1. The van der Waals surface area contributed by atoms with Gasteiger partial charge in [-0.25, -0.2) is 13.8 Å². The van der Waals surface area contributed by atoms with Crippen molar-refractivity contribution >= 4 is 11.0 Å². The van der Waals surface area contributed by atoms with Crippen LogP contribution in [0.5, 0.6) is 5.75 Å². The highest BCUT2D eigenvalue weighted by atomic mass is 19.1. The molecular formula is C21H21F2N3O. The number of benzene rings is 2. The summed E-state index contributed by atoms with van der Waals surface area (Å²) in [6.45, 7) is 4.04. The Bertz CT molecular complexity index is 993. The van der Waals surface area contributed by atoms with Crippen LogP contribution in [0.25, 0.3) is 11.0 Å². The Hall–Kier alpha value is -2.47. The van der Waals surface area contributed by atoms with E-state index in [4.69, 9.17) is 9.72 Å². The second-order valence-corrected chi connectivity index (χ2v) is 7.37. The monoisotopic (exact) mass is 369 g/mol. The van der Waals surface area contributed by atoms with Gasteiger partial charge >= 0.3 is 0 Å². The van der Waals surface area contributed by atoms with Gasteiger partial charge in [0.25, 0.3) is 0 Å². The fourth-order valence-electron chi connectivity index (χ4n) is 4.36. The van der Waals surface area contributed by atoms with Crippen molar-refractivity contribution in [3.8, 4) is 5.75 Å². The van der Waals surface area contributed by atoms with Crippen molar-refractivity contribution < 1.29 is 13.5 Å². The first-order valence-corrected chi connectivity index (χ1v) is 9.47. The lowest BCUT2D eigenvalue weighted by atomic mass is 9.89. The van der Waals surface area contributed by atoms with Crippen molar-refractivity contribution in [2.24, 2.45) is 0 Å². The fourth-order valence-corrected chi connectivity index (χ4v) is 4.36. The van der Waals surface area contributed by atoms with E-state index in [9.17, 15) is 8.78 Å². The first-order chi connectivity index (χ1) is 13.2. The van der Waals surface area contributed by atoms with E-state index >= 15 is 0 Å². The van der Waals surface area contributed by atoms with Crippen molar-refractivity contribution in [2.75, 3.05) is 19.7 Å². The van der Waals surface area contributed by atoms with Gasteiger partial charge in [0.15, 0.2) is 0 Å². The Morgan fingerprint density at radius 1 is 1.07 bits per heavy atom. The minimum absolute atomic E-state index is 0.152. The van der Waals surface area contributed by atoms with Gasteiger partial charge < -0.3 is 9.30 Å². The second-order valence-electron chi connectivity index (χ2n) is 7.37. The topological polar surface area (TPSA) is 30.3 Å². The summed E-state index contributed by atoms with van der Waals surface area (Å²) >= 11 is 0. The van der Waals surface area contributed by atoms with E-state index in [1.807, 2.05) is 18.2 Å². The Morgan fingerprint density at radius 2 is 1.93 bits per heavy atom. The van der Waals surface area contributed by atoms with Crippen LogP contribution in [0.3, 0.4) is 0 Å². The highest BCUT2D eigenvalue weighted by Gasteiger charge is 2.25. The van der Waals surface area contributed by atoms with Crippen molar-refractivity contribution in [3.05, 3.63) is 59.4 Å². The van der Waals surface area contributed by atoms with Crippen LogP contribution >= 0.6 is 0 Å². The highest BCUT2D eigenvalue weighted by Crippen LogP contribution is 2.33. The lowest BCUT2D eigenvalue weighted by Crippen LogP contribution is -2.34. The summed E-state index contributed by atoms with van der Waals surface area (Å²) in [4.78, 5) is 7.19. The molecule has 0 bridgehead atoms. The van der Waals surface area contributed by atoms with Gasteiger partial charge in [0.1, 0.15) is 35.3 Å². The van der Waals surface area contributed by atoms with Crippen LogP contribution in [0.1, 0.15) is 30.1 Å². The summed E-state index contributed by atoms with van der Waals surface area (Å²) in [5.74, 6) is 1.18. The van der Waals surface area contributed by atoms with Crippen molar-refractivity contribution in [3.63, 3.8) is 0 Å². The van der Waals surface area contributed by atoms with Gasteiger partial charge in [-0.15, -0.1) is 0 Å². The molecule has 0 unspecified atom stereocenters. The quantitative estimate of drug-likeness (QED) is 0.697. The minimum atomic E-state index is -0.516. The number of ether oxygens (including phenoxy) is 1. The molecule has 0 N–H and O–H groups in total. The zero-order valence-corrected chi connectivity index (χ0v) is 15.0. The zero-order chi connectivity index (χ0) is 18.4. The molecule has 2 aliphatic rings. The normalized spacial score (nSPS) is 18.0. The molecule has 140 valence electrons. The van der Waals surface area contributed by atoms with Gasteiger partial charge in [-0.3, -0.25) is 4.90 Å². The number of para-hydroxylation sites is 1. The summed E-state index contributed by atoms with van der Waals surface area (Å²) in [5.41, 5.74) is 2.70. The van der Waals surface area contributed by atoms with Gasteiger partial charge in [0.2, 0.25) is 0 Å². The summed E-state index contributed by atoms with van der Waals surface area (Å²) < 4.78 is 35.2. The number of aromatic nitrogens is 2. The molecule has 0 spiro atoms. The average molecular weight is 369 g/mol.